The van der Waals surface area contributed by atoms with E-state index in [1.807, 2.05) is 6.07 Å². The number of hydrazine groups is 1. The van der Waals surface area contributed by atoms with Crippen LogP contribution in [0.2, 0.25) is 0 Å². The van der Waals surface area contributed by atoms with Crippen molar-refractivity contribution in [2.75, 3.05) is 5.43 Å². The van der Waals surface area contributed by atoms with E-state index in [-0.39, 0.29) is 5.36 Å². The number of hydrogen-bond donors (Lipinski definition) is 3. The van der Waals surface area contributed by atoms with E-state index in [1.165, 1.54) is 0 Å². The largest absolute Gasteiger partial charge is 0.353 e. The Morgan fingerprint density at radius 3 is 2.00 bits per heavy atom. The predicted molar refractivity (Wildman–Crippen MR) is 86.2 cm³/mol. The van der Waals surface area contributed by atoms with Crippen LogP contribution in [0.5, 0.6) is 0 Å². The van der Waals surface area contributed by atoms with Crippen LogP contribution in [0, 0.1) is 0 Å². The molecule has 0 aromatic heterocycles. The topological polar surface area (TPSA) is 99.7 Å². The number of anilines is 1. The Morgan fingerprint density at radius 2 is 1.39 bits per heavy atom. The van der Waals surface area contributed by atoms with Crippen LogP contribution in [0.3, 0.4) is 0 Å². The Balaban J connectivity index is 1.77. The molecule has 23 heavy (non-hydrogen) atoms. The first-order chi connectivity index (χ1) is 11.2. The fourth-order valence-electron chi connectivity index (χ4n) is 2.12. The van der Waals surface area contributed by atoms with Crippen LogP contribution in [0.25, 0.3) is 10.8 Å². The lowest BCUT2D eigenvalue weighted by Gasteiger charge is -2.06. The molecule has 0 spiro atoms. The number of nitrogens with zero attached hydrogens (tertiary/aromatic N) is 1. The van der Waals surface area contributed by atoms with Gasteiger partial charge in [0.25, 0.3) is 0 Å². The summed E-state index contributed by atoms with van der Waals surface area (Å²) in [6.07, 6.45) is 0. The van der Waals surface area contributed by atoms with Gasteiger partial charge in [0, 0.05) is 10.8 Å². The lowest BCUT2D eigenvalue weighted by molar-refractivity contribution is 0.243. The molecule has 0 saturated carbocycles. The number of carbonyl (C=O) groups is 1. The van der Waals surface area contributed by atoms with Crippen LogP contribution in [0.1, 0.15) is 0 Å². The van der Waals surface area contributed by atoms with Crippen molar-refractivity contribution >= 4 is 22.5 Å². The minimum atomic E-state index is -0.696. The molecule has 0 atom stereocenters. The van der Waals surface area contributed by atoms with Gasteiger partial charge in [-0.15, -0.1) is 0 Å². The molecule has 0 radical (unpaired) electrons. The molecule has 2 amide bonds. The summed E-state index contributed by atoms with van der Waals surface area (Å²) in [6.45, 7) is 0. The first kappa shape index (κ1) is 14.5. The van der Waals surface area contributed by atoms with Gasteiger partial charge in [-0.1, -0.05) is 42.5 Å². The molecule has 3 N–H and O–H groups in total. The summed E-state index contributed by atoms with van der Waals surface area (Å²) < 4.78 is 0. The van der Waals surface area contributed by atoms with Crippen LogP contribution in [0.4, 0.5) is 10.5 Å². The third-order valence-corrected chi connectivity index (χ3v) is 3.21. The zero-order valence-corrected chi connectivity index (χ0v) is 11.9. The second-order valence-corrected chi connectivity index (χ2v) is 4.72. The lowest BCUT2D eigenvalue weighted by Crippen LogP contribution is -2.41. The SMILES string of the molecule is O=C(NN=c1c(=O)c2ccccc2c1=O)NNc1ccccc1. The Hall–Kier alpha value is -3.48. The van der Waals surface area contributed by atoms with Gasteiger partial charge in [-0.05, 0) is 12.1 Å². The number of benzene rings is 2. The summed E-state index contributed by atoms with van der Waals surface area (Å²) in [6, 6.07) is 14.7. The van der Waals surface area contributed by atoms with Gasteiger partial charge in [-0.25, -0.2) is 10.2 Å². The molecule has 3 rings (SSSR count). The number of fused-ring (bicyclic) bond motifs is 1. The van der Waals surface area contributed by atoms with Gasteiger partial charge in [0.2, 0.25) is 10.9 Å². The second kappa shape index (κ2) is 6.10. The lowest BCUT2D eigenvalue weighted by atomic mass is 10.2. The van der Waals surface area contributed by atoms with Crippen LogP contribution in [0.15, 0.2) is 69.3 Å². The number of para-hydroxylation sites is 1. The van der Waals surface area contributed by atoms with Crippen molar-refractivity contribution in [2.45, 2.75) is 0 Å². The van der Waals surface area contributed by atoms with Gasteiger partial charge in [-0.3, -0.25) is 20.4 Å². The quantitative estimate of drug-likeness (QED) is 0.616. The maximum absolute atomic E-state index is 12.1. The first-order valence-electron chi connectivity index (χ1n) is 6.80. The number of rotatable bonds is 3. The first-order valence-corrected chi connectivity index (χ1v) is 6.80. The third-order valence-electron chi connectivity index (χ3n) is 3.21. The second-order valence-electron chi connectivity index (χ2n) is 4.72. The molecule has 0 aliphatic rings. The van der Waals surface area contributed by atoms with Crippen LogP contribution >= 0.6 is 0 Å². The predicted octanol–water partition coefficient (Wildman–Crippen LogP) is 0.578. The van der Waals surface area contributed by atoms with Crippen molar-refractivity contribution in [1.82, 2.24) is 10.9 Å². The molecular weight excluding hydrogens is 296 g/mol. The van der Waals surface area contributed by atoms with E-state index in [1.54, 1.807) is 48.5 Å². The summed E-state index contributed by atoms with van der Waals surface area (Å²) in [5, 5.41) is 3.91. The highest BCUT2D eigenvalue weighted by atomic mass is 16.2. The minimum absolute atomic E-state index is 0.292. The standard InChI is InChI=1S/C16H12N4O3/c21-14-11-8-4-5-9-12(11)15(22)13(14)18-20-16(23)19-17-10-6-2-1-3-7-10/h1-9,17H,(H2,19,20,23). The fraction of sp³-hybridized carbons (Fsp3) is 0. The summed E-state index contributed by atoms with van der Waals surface area (Å²) in [5.41, 5.74) is 6.81. The van der Waals surface area contributed by atoms with Crippen molar-refractivity contribution in [2.24, 2.45) is 5.10 Å². The zero-order chi connectivity index (χ0) is 16.2. The van der Waals surface area contributed by atoms with Gasteiger partial charge in [0.05, 0.1) is 5.69 Å². The number of hydrogen-bond acceptors (Lipinski definition) is 5. The van der Waals surface area contributed by atoms with Crippen molar-refractivity contribution < 1.29 is 4.79 Å². The van der Waals surface area contributed by atoms with E-state index < -0.39 is 16.9 Å². The van der Waals surface area contributed by atoms with E-state index in [0.29, 0.717) is 16.5 Å². The normalized spacial score (nSPS) is 10.3. The summed E-state index contributed by atoms with van der Waals surface area (Å²) >= 11 is 0. The van der Waals surface area contributed by atoms with Crippen LogP contribution in [-0.4, -0.2) is 6.03 Å². The van der Waals surface area contributed by atoms with Crippen molar-refractivity contribution in [3.63, 3.8) is 0 Å². The zero-order valence-electron chi connectivity index (χ0n) is 11.9. The van der Waals surface area contributed by atoms with Crippen molar-refractivity contribution in [3.05, 3.63) is 80.4 Å². The molecule has 0 heterocycles. The van der Waals surface area contributed by atoms with Gasteiger partial charge in [0.15, 0.2) is 5.36 Å². The highest BCUT2D eigenvalue weighted by Gasteiger charge is 2.10. The van der Waals surface area contributed by atoms with E-state index in [0.717, 1.165) is 0 Å². The number of urea groups is 1. The van der Waals surface area contributed by atoms with E-state index >= 15 is 0 Å². The van der Waals surface area contributed by atoms with Gasteiger partial charge < -0.3 is 0 Å². The molecule has 7 heteroatoms. The molecule has 0 saturated heterocycles. The number of nitrogens with one attached hydrogen (secondary N) is 3. The molecule has 0 bridgehead atoms. The molecule has 0 fully saturated rings. The van der Waals surface area contributed by atoms with Gasteiger partial charge in [-0.2, -0.15) is 5.10 Å². The Labute approximate surface area is 129 Å². The Kier molecular flexibility index (Phi) is 3.84. The molecule has 3 aromatic carbocycles. The molecule has 0 aliphatic heterocycles. The number of carbonyl (C=O) groups excluding carboxylic acids is 1. The Bertz CT molecular complexity index is 955. The summed E-state index contributed by atoms with van der Waals surface area (Å²) in [7, 11) is 0. The maximum atomic E-state index is 12.1. The molecular formula is C16H12N4O3. The Morgan fingerprint density at radius 1 is 0.826 bits per heavy atom. The van der Waals surface area contributed by atoms with Crippen molar-refractivity contribution in [3.8, 4) is 0 Å². The van der Waals surface area contributed by atoms with E-state index in [4.69, 9.17) is 0 Å². The molecule has 3 aromatic rings. The average molecular weight is 308 g/mol. The summed E-state index contributed by atoms with van der Waals surface area (Å²) in [5.74, 6) is 0. The average Bonchev–Trinajstić information content (AvgIpc) is 2.83. The number of amides is 2. The smallest absolute Gasteiger partial charge is 0.297 e. The van der Waals surface area contributed by atoms with E-state index in [2.05, 4.69) is 21.4 Å². The van der Waals surface area contributed by atoms with E-state index in [9.17, 15) is 14.4 Å². The van der Waals surface area contributed by atoms with Gasteiger partial charge in [0.1, 0.15) is 0 Å². The van der Waals surface area contributed by atoms with Gasteiger partial charge >= 0.3 is 6.03 Å². The van der Waals surface area contributed by atoms with Crippen molar-refractivity contribution in [1.29, 1.82) is 0 Å². The minimum Gasteiger partial charge on any atom is -0.297 e. The van der Waals surface area contributed by atoms with Crippen LogP contribution < -0.4 is 32.5 Å². The highest BCUT2D eigenvalue weighted by molar-refractivity contribution is 5.83. The monoisotopic (exact) mass is 308 g/mol. The molecule has 0 aliphatic carbocycles. The fourth-order valence-corrected chi connectivity index (χ4v) is 2.12. The molecule has 7 nitrogen and oxygen atoms in total. The molecule has 0 unspecified atom stereocenters. The molecule has 114 valence electrons. The maximum Gasteiger partial charge on any atom is 0.353 e. The highest BCUT2D eigenvalue weighted by Crippen LogP contribution is 2.02. The van der Waals surface area contributed by atoms with Crippen LogP contribution in [-0.2, 0) is 0 Å². The third kappa shape index (κ3) is 2.93. The summed E-state index contributed by atoms with van der Waals surface area (Å²) in [4.78, 5) is 35.8.